The molecule has 0 unspecified atom stereocenters. The average Bonchev–Trinajstić information content (AvgIpc) is 2.87. The average molecular weight is 452 g/mol. The van der Waals surface area contributed by atoms with E-state index in [1.807, 2.05) is 5.48 Å². The van der Waals surface area contributed by atoms with Gasteiger partial charge in [0.2, 0.25) is 10.0 Å². The molecule has 2 aliphatic heterocycles. The molecule has 2 aliphatic rings. The molecule has 1 aromatic rings. The Kier molecular flexibility index (Phi) is 7.05. The summed E-state index contributed by atoms with van der Waals surface area (Å²) >= 11 is 0. The highest BCUT2D eigenvalue weighted by Crippen LogP contribution is 2.31. The molecule has 0 radical (unpaired) electrons. The Morgan fingerprint density at radius 2 is 1.90 bits per heavy atom. The van der Waals surface area contributed by atoms with Crippen molar-refractivity contribution in [2.45, 2.75) is 6.10 Å². The SMILES string of the molecule is O=C1O[C@@H](CNO)CN1c1cc(F)c(N2CCON(S(=O)(=O)CCO)CC2)c(F)c1. The molecule has 0 aliphatic carbocycles. The Morgan fingerprint density at radius 3 is 2.53 bits per heavy atom. The first-order chi connectivity index (χ1) is 14.3. The van der Waals surface area contributed by atoms with Crippen molar-refractivity contribution in [2.75, 3.05) is 61.5 Å². The number of anilines is 2. The van der Waals surface area contributed by atoms with E-state index >= 15 is 0 Å². The lowest BCUT2D eigenvalue weighted by molar-refractivity contribution is -0.0702. The van der Waals surface area contributed by atoms with Crippen LogP contribution >= 0.6 is 0 Å². The van der Waals surface area contributed by atoms with Gasteiger partial charge < -0.3 is 20.0 Å². The van der Waals surface area contributed by atoms with Crippen LogP contribution in [0.15, 0.2) is 12.1 Å². The van der Waals surface area contributed by atoms with E-state index in [0.717, 1.165) is 17.0 Å². The van der Waals surface area contributed by atoms with Crippen molar-refractivity contribution < 1.29 is 41.9 Å². The van der Waals surface area contributed by atoms with E-state index in [9.17, 15) is 22.0 Å². The molecule has 2 fully saturated rings. The summed E-state index contributed by atoms with van der Waals surface area (Å²) in [6.45, 7) is -0.960. The van der Waals surface area contributed by atoms with Gasteiger partial charge >= 0.3 is 6.09 Å². The first-order valence-corrected chi connectivity index (χ1v) is 10.7. The molecule has 3 rings (SSSR count). The van der Waals surface area contributed by atoms with Crippen LogP contribution in [-0.4, -0.2) is 87.1 Å². The Balaban J connectivity index is 1.77. The van der Waals surface area contributed by atoms with E-state index in [2.05, 4.69) is 0 Å². The zero-order valence-corrected chi connectivity index (χ0v) is 16.6. The number of ether oxygens (including phenoxy) is 1. The summed E-state index contributed by atoms with van der Waals surface area (Å²) in [5.74, 6) is -2.40. The van der Waals surface area contributed by atoms with E-state index in [4.69, 9.17) is 19.9 Å². The van der Waals surface area contributed by atoms with Crippen LogP contribution in [0.2, 0.25) is 0 Å². The van der Waals surface area contributed by atoms with E-state index in [1.54, 1.807) is 0 Å². The molecule has 2 heterocycles. The number of nitrogens with one attached hydrogen (secondary N) is 1. The van der Waals surface area contributed by atoms with Gasteiger partial charge in [0.05, 0.1) is 44.3 Å². The highest BCUT2D eigenvalue weighted by atomic mass is 32.2. The molecule has 0 spiro atoms. The molecule has 14 heteroatoms. The minimum absolute atomic E-state index is 0.000148. The van der Waals surface area contributed by atoms with Crippen LogP contribution in [0.3, 0.4) is 0 Å². The fourth-order valence-electron chi connectivity index (χ4n) is 3.24. The molecule has 168 valence electrons. The number of aliphatic hydroxyl groups is 1. The minimum atomic E-state index is -3.85. The van der Waals surface area contributed by atoms with E-state index < -0.39 is 46.2 Å². The summed E-state index contributed by atoms with van der Waals surface area (Å²) in [6, 6.07) is 1.97. The number of carbonyl (C=O) groups is 1. The van der Waals surface area contributed by atoms with Crippen molar-refractivity contribution in [2.24, 2.45) is 0 Å². The zero-order chi connectivity index (χ0) is 21.9. The van der Waals surface area contributed by atoms with Gasteiger partial charge in [0.1, 0.15) is 11.8 Å². The maximum Gasteiger partial charge on any atom is 0.414 e. The number of nitrogens with zero attached hydrogens (tertiary/aromatic N) is 3. The number of hydrogen-bond acceptors (Lipinski definition) is 9. The molecular formula is C16H22F2N4O7S. The predicted octanol–water partition coefficient (Wildman–Crippen LogP) is -0.355. The summed E-state index contributed by atoms with van der Waals surface area (Å²) in [6.07, 6.45) is -1.47. The molecule has 1 atom stereocenters. The summed E-state index contributed by atoms with van der Waals surface area (Å²) in [5.41, 5.74) is 1.46. The lowest BCUT2D eigenvalue weighted by Crippen LogP contribution is -2.37. The summed E-state index contributed by atoms with van der Waals surface area (Å²) in [5, 5.41) is 17.6. The quantitative estimate of drug-likeness (QED) is 0.475. The number of rotatable bonds is 7. The first kappa shape index (κ1) is 22.6. The van der Waals surface area contributed by atoms with Gasteiger partial charge in [-0.3, -0.25) is 9.74 Å². The monoisotopic (exact) mass is 452 g/mol. The second-order valence-electron chi connectivity index (χ2n) is 6.62. The molecule has 11 nitrogen and oxygen atoms in total. The number of hydrogen-bond donors (Lipinski definition) is 3. The number of amides is 1. The standard InChI is InChI=1S/C16H22F2N4O7S/c17-13-7-11(21-10-12(9-19-25)29-16(21)24)8-14(18)15(13)20-1-2-22(28-5-3-20)30(26,27)6-4-23/h7-8,12,19,23,25H,1-6,9-10H2/t12-/m0/s1. The molecule has 0 saturated carbocycles. The molecular weight excluding hydrogens is 430 g/mol. The van der Waals surface area contributed by atoms with Crippen LogP contribution in [0.25, 0.3) is 0 Å². The number of carbonyl (C=O) groups excluding carboxylic acids is 1. The number of sulfonamides is 1. The van der Waals surface area contributed by atoms with Crippen LogP contribution in [0.4, 0.5) is 25.0 Å². The largest absolute Gasteiger partial charge is 0.442 e. The van der Waals surface area contributed by atoms with Crippen molar-refractivity contribution in [1.82, 2.24) is 9.95 Å². The highest BCUT2D eigenvalue weighted by molar-refractivity contribution is 7.88. The third-order valence-corrected chi connectivity index (χ3v) is 6.24. The molecule has 1 amide bonds. The van der Waals surface area contributed by atoms with Crippen LogP contribution < -0.4 is 15.3 Å². The second kappa shape index (κ2) is 9.36. The predicted molar refractivity (Wildman–Crippen MR) is 99.5 cm³/mol. The zero-order valence-electron chi connectivity index (χ0n) is 15.8. The summed E-state index contributed by atoms with van der Waals surface area (Å²) in [4.78, 5) is 19.5. The number of hydroxylamine groups is 2. The molecule has 0 aromatic heterocycles. The maximum absolute atomic E-state index is 14.8. The lowest BCUT2D eigenvalue weighted by Gasteiger charge is -2.24. The highest BCUT2D eigenvalue weighted by Gasteiger charge is 2.34. The fourth-order valence-corrected chi connectivity index (χ4v) is 4.27. The normalized spacial score (nSPS) is 21.1. The van der Waals surface area contributed by atoms with E-state index in [0.29, 0.717) is 4.47 Å². The maximum atomic E-state index is 14.8. The Bertz CT molecular complexity index is 865. The van der Waals surface area contributed by atoms with Gasteiger partial charge in [0.25, 0.3) is 0 Å². The molecule has 2 saturated heterocycles. The Labute approximate surface area is 171 Å². The second-order valence-corrected chi connectivity index (χ2v) is 8.60. The van der Waals surface area contributed by atoms with Crippen LogP contribution in [0, 0.1) is 11.6 Å². The van der Waals surface area contributed by atoms with Crippen LogP contribution in [-0.2, 0) is 19.6 Å². The number of benzene rings is 1. The van der Waals surface area contributed by atoms with Crippen molar-refractivity contribution in [1.29, 1.82) is 0 Å². The van der Waals surface area contributed by atoms with Gasteiger partial charge in [-0.25, -0.2) is 27.5 Å². The first-order valence-electron chi connectivity index (χ1n) is 9.10. The molecule has 0 bridgehead atoms. The van der Waals surface area contributed by atoms with Gasteiger partial charge in [-0.2, -0.15) is 0 Å². The summed E-state index contributed by atoms with van der Waals surface area (Å²) < 4.78 is 59.3. The summed E-state index contributed by atoms with van der Waals surface area (Å²) in [7, 11) is -3.85. The van der Waals surface area contributed by atoms with Crippen molar-refractivity contribution in [3.63, 3.8) is 0 Å². The number of aliphatic hydroxyl groups excluding tert-OH is 1. The van der Waals surface area contributed by atoms with Gasteiger partial charge in [0, 0.05) is 25.2 Å². The van der Waals surface area contributed by atoms with Gasteiger partial charge in [-0.05, 0) is 0 Å². The van der Waals surface area contributed by atoms with Crippen molar-refractivity contribution in [3.8, 4) is 0 Å². The van der Waals surface area contributed by atoms with Crippen LogP contribution in [0.1, 0.15) is 0 Å². The van der Waals surface area contributed by atoms with E-state index in [1.165, 1.54) is 4.90 Å². The molecule has 3 N–H and O–H groups in total. The van der Waals surface area contributed by atoms with Gasteiger partial charge in [-0.15, -0.1) is 0 Å². The molecule has 1 aromatic carbocycles. The van der Waals surface area contributed by atoms with E-state index in [-0.39, 0.29) is 50.7 Å². The lowest BCUT2D eigenvalue weighted by atomic mass is 10.2. The van der Waals surface area contributed by atoms with Crippen molar-refractivity contribution >= 4 is 27.5 Å². The Hall–Kier alpha value is -2.10. The molecule has 30 heavy (non-hydrogen) atoms. The fraction of sp³-hybridized carbons (Fsp3) is 0.562. The Morgan fingerprint density at radius 1 is 1.20 bits per heavy atom. The van der Waals surface area contributed by atoms with Gasteiger partial charge in [0.15, 0.2) is 11.6 Å². The smallest absolute Gasteiger partial charge is 0.414 e. The number of halogens is 2. The van der Waals surface area contributed by atoms with Crippen LogP contribution in [0.5, 0.6) is 0 Å². The van der Waals surface area contributed by atoms with Gasteiger partial charge in [-0.1, -0.05) is 4.47 Å². The van der Waals surface area contributed by atoms with Crippen molar-refractivity contribution in [3.05, 3.63) is 23.8 Å². The third kappa shape index (κ3) is 4.79. The minimum Gasteiger partial charge on any atom is -0.442 e. The third-order valence-electron chi connectivity index (χ3n) is 4.63. The topological polar surface area (TPSA) is 132 Å². The number of cyclic esters (lactones) is 1.